The summed E-state index contributed by atoms with van der Waals surface area (Å²) in [5.41, 5.74) is 26.7. The average molecular weight is 540 g/mol. The predicted octanol–water partition coefficient (Wildman–Crippen LogP) is 5.74. The van der Waals surface area contributed by atoms with Crippen molar-refractivity contribution < 1.29 is 10.2 Å². The topological polar surface area (TPSA) is 145 Å². The van der Waals surface area contributed by atoms with Crippen molar-refractivity contribution in [1.29, 1.82) is 0 Å². The van der Waals surface area contributed by atoms with Crippen LogP contribution in [0.2, 0.25) is 10.0 Å². The molecule has 0 heterocycles. The molecule has 2 aliphatic rings. The maximum atomic E-state index is 10.2. The van der Waals surface area contributed by atoms with E-state index in [1.54, 1.807) is 12.1 Å². The Hall–Kier alpha value is -1.54. The highest BCUT2D eigenvalue weighted by atomic mass is 35.5. The zero-order valence-electron chi connectivity index (χ0n) is 22.1. The minimum atomic E-state index is 0.0859. The van der Waals surface area contributed by atoms with Gasteiger partial charge in [0.15, 0.2) is 0 Å². The molecule has 2 aromatic rings. The molecule has 0 unspecified atom stereocenters. The van der Waals surface area contributed by atoms with Gasteiger partial charge in [-0.1, -0.05) is 48.9 Å². The van der Waals surface area contributed by atoms with Crippen molar-refractivity contribution in [3.05, 3.63) is 44.4 Å². The summed E-state index contributed by atoms with van der Waals surface area (Å²) in [5, 5.41) is 21.6. The van der Waals surface area contributed by atoms with E-state index < -0.39 is 0 Å². The van der Waals surface area contributed by atoms with Crippen LogP contribution in [0.5, 0.6) is 11.5 Å². The fourth-order valence-corrected chi connectivity index (χ4v) is 5.18. The molecule has 4 atom stereocenters. The Balaban J connectivity index is 0.000000232. The molecule has 2 fully saturated rings. The third kappa shape index (κ3) is 7.73. The van der Waals surface area contributed by atoms with E-state index in [-0.39, 0.29) is 35.7 Å². The van der Waals surface area contributed by atoms with Gasteiger partial charge in [-0.2, -0.15) is 0 Å². The number of benzene rings is 2. The summed E-state index contributed by atoms with van der Waals surface area (Å²) < 4.78 is 0. The largest absolute Gasteiger partial charge is 0.507 e. The maximum absolute atomic E-state index is 10.2. The molecule has 2 saturated carbocycles. The molecule has 0 aliphatic heterocycles. The van der Waals surface area contributed by atoms with Crippen LogP contribution in [0.3, 0.4) is 0 Å². The number of aryl methyl sites for hydroxylation is 2. The second-order valence-electron chi connectivity index (χ2n) is 10.3. The molecule has 2 aliphatic carbocycles. The third-order valence-corrected chi connectivity index (χ3v) is 8.48. The van der Waals surface area contributed by atoms with Crippen molar-refractivity contribution in [1.82, 2.24) is 0 Å². The molecular formula is C28H44Cl2N4O2. The fraction of sp³-hybridized carbons (Fsp3) is 0.571. The summed E-state index contributed by atoms with van der Waals surface area (Å²) in [4.78, 5) is 0. The van der Waals surface area contributed by atoms with Crippen molar-refractivity contribution in [2.24, 2.45) is 22.9 Å². The van der Waals surface area contributed by atoms with Gasteiger partial charge in [-0.3, -0.25) is 0 Å². The summed E-state index contributed by atoms with van der Waals surface area (Å²) in [5.74, 6) is 0.172. The molecule has 0 aromatic heterocycles. The monoisotopic (exact) mass is 538 g/mol. The van der Waals surface area contributed by atoms with Crippen LogP contribution in [-0.2, 0) is 0 Å². The van der Waals surface area contributed by atoms with E-state index in [1.807, 2.05) is 27.7 Å². The number of hydrogen-bond donors (Lipinski definition) is 6. The lowest BCUT2D eigenvalue weighted by molar-refractivity contribution is 0.385. The van der Waals surface area contributed by atoms with Crippen LogP contribution in [0.15, 0.2) is 12.1 Å². The van der Waals surface area contributed by atoms with Crippen LogP contribution in [0.25, 0.3) is 11.1 Å². The van der Waals surface area contributed by atoms with Gasteiger partial charge in [0.1, 0.15) is 11.5 Å². The minimum Gasteiger partial charge on any atom is -0.507 e. The highest BCUT2D eigenvalue weighted by molar-refractivity contribution is 6.33. The van der Waals surface area contributed by atoms with E-state index in [2.05, 4.69) is 0 Å². The van der Waals surface area contributed by atoms with Crippen LogP contribution >= 0.6 is 23.2 Å². The van der Waals surface area contributed by atoms with Gasteiger partial charge in [0.2, 0.25) is 0 Å². The first kappa shape index (κ1) is 30.7. The van der Waals surface area contributed by atoms with Gasteiger partial charge in [0.05, 0.1) is 0 Å². The van der Waals surface area contributed by atoms with E-state index >= 15 is 0 Å². The molecule has 0 radical (unpaired) electrons. The molecule has 0 amide bonds. The SMILES string of the molecule is Cc1cc(O)c(-c2c(O)cc(C)c(Cl)c2C)c(C)c1Cl.N[C@@H]1CCCC[C@H]1N.N[C@@H]1CCCC[C@H]1N. The number of halogens is 2. The maximum Gasteiger partial charge on any atom is 0.124 e. The first-order valence-electron chi connectivity index (χ1n) is 12.9. The van der Waals surface area contributed by atoms with Crippen LogP contribution in [0, 0.1) is 27.7 Å². The number of phenols is 2. The van der Waals surface area contributed by atoms with Gasteiger partial charge in [-0.15, -0.1) is 0 Å². The Morgan fingerprint density at radius 3 is 1.06 bits per heavy atom. The first-order chi connectivity index (χ1) is 16.9. The van der Waals surface area contributed by atoms with Crippen molar-refractivity contribution in [3.8, 4) is 22.6 Å². The second-order valence-corrected chi connectivity index (χ2v) is 11.0. The number of phenolic OH excluding ortho intramolecular Hbond substituents is 2. The Labute approximate surface area is 226 Å². The van der Waals surface area contributed by atoms with Crippen LogP contribution in [-0.4, -0.2) is 34.4 Å². The Morgan fingerprint density at radius 2 is 0.833 bits per heavy atom. The summed E-state index contributed by atoms with van der Waals surface area (Å²) in [6, 6.07) is 4.31. The molecule has 8 heteroatoms. The van der Waals surface area contributed by atoms with Gasteiger partial charge >= 0.3 is 0 Å². The lowest BCUT2D eigenvalue weighted by Crippen LogP contribution is -2.43. The van der Waals surface area contributed by atoms with Gasteiger partial charge < -0.3 is 33.1 Å². The van der Waals surface area contributed by atoms with Gasteiger partial charge in [0, 0.05) is 45.3 Å². The highest BCUT2D eigenvalue weighted by Gasteiger charge is 2.21. The summed E-state index contributed by atoms with van der Waals surface area (Å²) in [6.45, 7) is 7.29. The predicted molar refractivity (Wildman–Crippen MR) is 153 cm³/mol. The van der Waals surface area contributed by atoms with Crippen molar-refractivity contribution in [3.63, 3.8) is 0 Å². The normalized spacial score (nSPS) is 23.7. The molecule has 4 rings (SSSR count). The molecular weight excluding hydrogens is 495 g/mol. The van der Waals surface area contributed by atoms with E-state index in [0.29, 0.717) is 21.2 Å². The molecule has 6 nitrogen and oxygen atoms in total. The van der Waals surface area contributed by atoms with E-state index in [0.717, 1.165) is 47.9 Å². The van der Waals surface area contributed by atoms with E-state index in [1.165, 1.54) is 25.7 Å². The molecule has 202 valence electrons. The summed E-state index contributed by atoms with van der Waals surface area (Å²) >= 11 is 12.5. The smallest absolute Gasteiger partial charge is 0.124 e. The number of nitrogens with two attached hydrogens (primary N) is 4. The number of hydrogen-bond acceptors (Lipinski definition) is 6. The van der Waals surface area contributed by atoms with Crippen molar-refractivity contribution in [2.45, 2.75) is 103 Å². The van der Waals surface area contributed by atoms with Crippen molar-refractivity contribution >= 4 is 23.2 Å². The zero-order chi connectivity index (χ0) is 27.2. The van der Waals surface area contributed by atoms with Crippen LogP contribution < -0.4 is 22.9 Å². The van der Waals surface area contributed by atoms with Gasteiger partial charge in [0.25, 0.3) is 0 Å². The molecule has 0 bridgehead atoms. The van der Waals surface area contributed by atoms with Gasteiger partial charge in [-0.05, 0) is 87.8 Å². The molecule has 10 N–H and O–H groups in total. The van der Waals surface area contributed by atoms with Crippen LogP contribution in [0.4, 0.5) is 0 Å². The standard InChI is InChI=1S/C16H16Cl2O2.2C6H14N2/c1-7-5-11(19)13(9(3)15(7)17)14-10(4)16(18)8(2)6-12(14)20;2*7-5-3-1-2-4-6(5)8/h5-6,19-20H,1-4H3;2*5-6H,1-4,7-8H2/t;2*5-,6-/m.11/s1. The number of rotatable bonds is 1. The lowest BCUT2D eigenvalue weighted by atomic mass is 9.92. The minimum absolute atomic E-state index is 0.0859. The Bertz CT molecular complexity index is 930. The summed E-state index contributed by atoms with van der Waals surface area (Å²) in [6.07, 6.45) is 9.60. The van der Waals surface area contributed by atoms with E-state index in [4.69, 9.17) is 46.1 Å². The van der Waals surface area contributed by atoms with Gasteiger partial charge in [-0.25, -0.2) is 0 Å². The van der Waals surface area contributed by atoms with Crippen molar-refractivity contribution in [2.75, 3.05) is 0 Å². The average Bonchev–Trinajstić information content (AvgIpc) is 2.83. The molecule has 0 spiro atoms. The third-order valence-electron chi connectivity index (χ3n) is 7.32. The van der Waals surface area contributed by atoms with E-state index in [9.17, 15) is 10.2 Å². The Kier molecular flexibility index (Phi) is 11.8. The Morgan fingerprint density at radius 1 is 0.583 bits per heavy atom. The lowest BCUT2D eigenvalue weighted by Gasteiger charge is -2.24. The fourth-order valence-electron chi connectivity index (χ4n) is 4.88. The molecule has 36 heavy (non-hydrogen) atoms. The first-order valence-corrected chi connectivity index (χ1v) is 13.6. The zero-order valence-corrected chi connectivity index (χ0v) is 23.6. The van der Waals surface area contributed by atoms with Crippen LogP contribution in [0.1, 0.15) is 73.6 Å². The summed E-state index contributed by atoms with van der Waals surface area (Å²) in [7, 11) is 0. The number of aromatic hydroxyl groups is 2. The molecule has 0 saturated heterocycles. The highest BCUT2D eigenvalue weighted by Crippen LogP contribution is 2.45. The quantitative estimate of drug-likeness (QED) is 0.273. The molecule has 2 aromatic carbocycles. The second kappa shape index (κ2) is 13.8.